The third-order valence-electron chi connectivity index (χ3n) is 8.99. The van der Waals surface area contributed by atoms with Crippen molar-refractivity contribution >= 4 is 98.5 Å². The maximum atomic E-state index is 6.54. The number of fused-ring (bicyclic) bond motifs is 16. The summed E-state index contributed by atoms with van der Waals surface area (Å²) in [6.07, 6.45) is 0. The molecule has 40 heavy (non-hydrogen) atoms. The van der Waals surface area contributed by atoms with Gasteiger partial charge >= 0.3 is 0 Å². The van der Waals surface area contributed by atoms with Crippen molar-refractivity contribution in [2.45, 2.75) is 0 Å². The van der Waals surface area contributed by atoms with E-state index in [2.05, 4.69) is 106 Å². The van der Waals surface area contributed by atoms with Gasteiger partial charge in [-0.1, -0.05) is 72.8 Å². The fraction of sp³-hybridized carbons (Fsp3) is 0. The number of para-hydroxylation sites is 4. The van der Waals surface area contributed by atoms with Crippen LogP contribution in [-0.4, -0.2) is 8.80 Å². The largest absolute Gasteiger partial charge is 0.456 e. The van der Waals surface area contributed by atoms with Crippen molar-refractivity contribution in [3.63, 3.8) is 0 Å². The van der Waals surface area contributed by atoms with Crippen LogP contribution in [0.15, 0.2) is 118 Å². The molecule has 0 bridgehead atoms. The second-order valence-corrected chi connectivity index (χ2v) is 10.9. The van der Waals surface area contributed by atoms with E-state index in [1.165, 1.54) is 54.6 Å². The Morgan fingerprint density at radius 2 is 0.750 bits per heavy atom. The molecule has 0 saturated heterocycles. The third-order valence-corrected chi connectivity index (χ3v) is 8.99. The molecule has 0 unspecified atom stereocenters. The molecule has 0 aliphatic carbocycles. The number of aromatic nitrogens is 2. The van der Waals surface area contributed by atoms with Crippen LogP contribution in [0.4, 0.5) is 0 Å². The van der Waals surface area contributed by atoms with Crippen molar-refractivity contribution in [3.8, 4) is 0 Å². The minimum atomic E-state index is 0.909. The lowest BCUT2D eigenvalue weighted by atomic mass is 10.0. The smallest absolute Gasteiger partial charge is 0.138 e. The van der Waals surface area contributed by atoms with Gasteiger partial charge in [0.05, 0.1) is 43.9 Å². The second kappa shape index (κ2) is 6.38. The predicted molar refractivity (Wildman–Crippen MR) is 164 cm³/mol. The summed E-state index contributed by atoms with van der Waals surface area (Å²) >= 11 is 0. The first kappa shape index (κ1) is 19.6. The summed E-state index contributed by atoms with van der Waals surface area (Å²) in [6.45, 7) is 0. The molecule has 5 heterocycles. The van der Waals surface area contributed by atoms with Gasteiger partial charge in [-0.3, -0.25) is 0 Å². The maximum Gasteiger partial charge on any atom is 0.138 e. The Bertz CT molecular complexity index is 2670. The predicted octanol–water partition coefficient (Wildman–Crippen LogP) is 10.0. The molecule has 184 valence electrons. The van der Waals surface area contributed by atoms with Gasteiger partial charge in [-0.05, 0) is 36.4 Å². The van der Waals surface area contributed by atoms with E-state index in [1.54, 1.807) is 0 Å². The lowest BCUT2D eigenvalue weighted by Gasteiger charge is -2.13. The van der Waals surface area contributed by atoms with Crippen molar-refractivity contribution in [3.05, 3.63) is 109 Å². The van der Waals surface area contributed by atoms with E-state index in [1.807, 2.05) is 12.1 Å². The summed E-state index contributed by atoms with van der Waals surface area (Å²) < 4.78 is 18.1. The highest BCUT2D eigenvalue weighted by atomic mass is 16.3. The van der Waals surface area contributed by atoms with Crippen molar-refractivity contribution in [1.82, 2.24) is 8.80 Å². The SMILES string of the molecule is c1ccc2c(c1)oc1cc3c4ccccc4n4c3c(c12)n1c2ccccc2c2cc3oc5ccccc5c3c4c21. The molecule has 5 aromatic heterocycles. The van der Waals surface area contributed by atoms with Crippen LogP contribution in [0.2, 0.25) is 0 Å². The average Bonchev–Trinajstić information content (AvgIpc) is 3.74. The minimum Gasteiger partial charge on any atom is -0.456 e. The van der Waals surface area contributed by atoms with E-state index < -0.39 is 0 Å². The highest BCUT2D eigenvalue weighted by Crippen LogP contribution is 2.48. The van der Waals surface area contributed by atoms with E-state index in [4.69, 9.17) is 8.83 Å². The zero-order chi connectivity index (χ0) is 25.7. The van der Waals surface area contributed by atoms with E-state index in [9.17, 15) is 0 Å². The van der Waals surface area contributed by atoms with Gasteiger partial charge in [-0.25, -0.2) is 0 Å². The molecule has 0 aliphatic heterocycles. The number of benzene rings is 6. The van der Waals surface area contributed by atoms with Crippen LogP contribution >= 0.6 is 0 Å². The van der Waals surface area contributed by atoms with Gasteiger partial charge in [0.15, 0.2) is 0 Å². The van der Waals surface area contributed by atoms with Crippen LogP contribution in [0.1, 0.15) is 0 Å². The lowest BCUT2D eigenvalue weighted by molar-refractivity contribution is 0.669. The van der Waals surface area contributed by atoms with Gasteiger partial charge in [0.25, 0.3) is 0 Å². The summed E-state index contributed by atoms with van der Waals surface area (Å²) in [5.41, 5.74) is 10.8. The molecule has 4 heteroatoms. The normalized spacial score (nSPS) is 13.0. The van der Waals surface area contributed by atoms with Crippen molar-refractivity contribution < 1.29 is 8.83 Å². The summed E-state index contributed by atoms with van der Waals surface area (Å²) in [5, 5.41) is 9.39. The van der Waals surface area contributed by atoms with Crippen molar-refractivity contribution in [2.24, 2.45) is 0 Å². The molecule has 0 saturated carbocycles. The first-order valence-corrected chi connectivity index (χ1v) is 13.6. The maximum absolute atomic E-state index is 6.54. The van der Waals surface area contributed by atoms with Gasteiger partial charge in [0.1, 0.15) is 22.3 Å². The van der Waals surface area contributed by atoms with Gasteiger partial charge < -0.3 is 17.6 Å². The Kier molecular flexibility index (Phi) is 3.12. The molecular formula is C36H18N2O2. The molecule has 0 N–H and O–H groups in total. The number of rotatable bonds is 0. The third kappa shape index (κ3) is 2.02. The number of nitrogens with zero attached hydrogens (tertiary/aromatic N) is 2. The first-order chi connectivity index (χ1) is 19.9. The van der Waals surface area contributed by atoms with Crippen LogP contribution in [0.3, 0.4) is 0 Å². The number of hydrogen-bond donors (Lipinski definition) is 0. The Morgan fingerprint density at radius 3 is 1.23 bits per heavy atom. The first-order valence-electron chi connectivity index (χ1n) is 13.6. The van der Waals surface area contributed by atoms with E-state index in [0.717, 1.165) is 43.9 Å². The zero-order valence-corrected chi connectivity index (χ0v) is 21.1. The monoisotopic (exact) mass is 510 g/mol. The standard InChI is InChI=1S/C36H18N2O2/c1-5-13-25-19(9-1)23-17-29-31(21-11-3-7-15-27(21)39-29)35-33(23)37(25)36-32-22-12-4-8-16-28(22)40-30(32)18-24-20-10-2-6-14-26(20)38(35)34(24)36/h1-18H. The molecule has 0 radical (unpaired) electrons. The lowest BCUT2D eigenvalue weighted by Crippen LogP contribution is -1.98. The molecule has 0 fully saturated rings. The van der Waals surface area contributed by atoms with Gasteiger partial charge in [0, 0.05) is 32.3 Å². The Labute approximate surface area is 225 Å². The number of furan rings is 2. The second-order valence-electron chi connectivity index (χ2n) is 10.9. The highest BCUT2D eigenvalue weighted by molar-refractivity contribution is 6.34. The van der Waals surface area contributed by atoms with Gasteiger partial charge in [-0.2, -0.15) is 0 Å². The van der Waals surface area contributed by atoms with Crippen LogP contribution in [0.25, 0.3) is 98.5 Å². The van der Waals surface area contributed by atoms with E-state index in [0.29, 0.717) is 0 Å². The molecule has 0 aliphatic rings. The summed E-state index contributed by atoms with van der Waals surface area (Å²) in [6, 6.07) is 38.8. The van der Waals surface area contributed by atoms with Crippen molar-refractivity contribution in [2.75, 3.05) is 0 Å². The highest BCUT2D eigenvalue weighted by Gasteiger charge is 2.27. The van der Waals surface area contributed by atoms with Gasteiger partial charge in [-0.15, -0.1) is 0 Å². The minimum absolute atomic E-state index is 0.909. The Hall–Kier alpha value is -5.48. The molecule has 6 aromatic carbocycles. The zero-order valence-electron chi connectivity index (χ0n) is 21.1. The number of hydrogen-bond acceptors (Lipinski definition) is 2. The molecule has 11 aromatic rings. The van der Waals surface area contributed by atoms with Crippen LogP contribution < -0.4 is 0 Å². The van der Waals surface area contributed by atoms with Crippen LogP contribution in [0, 0.1) is 0 Å². The summed E-state index contributed by atoms with van der Waals surface area (Å²) in [4.78, 5) is 0. The molecule has 11 rings (SSSR count). The van der Waals surface area contributed by atoms with Crippen molar-refractivity contribution in [1.29, 1.82) is 0 Å². The molecular weight excluding hydrogens is 492 g/mol. The van der Waals surface area contributed by atoms with Crippen LogP contribution in [0.5, 0.6) is 0 Å². The molecule has 0 spiro atoms. The molecule has 0 atom stereocenters. The fourth-order valence-electron chi connectivity index (χ4n) is 7.51. The summed E-state index contributed by atoms with van der Waals surface area (Å²) in [5.74, 6) is 0. The summed E-state index contributed by atoms with van der Waals surface area (Å²) in [7, 11) is 0. The Morgan fingerprint density at radius 1 is 0.350 bits per heavy atom. The topological polar surface area (TPSA) is 35.1 Å². The van der Waals surface area contributed by atoms with E-state index >= 15 is 0 Å². The van der Waals surface area contributed by atoms with Crippen LogP contribution in [-0.2, 0) is 0 Å². The molecule has 0 amide bonds. The Balaban J connectivity index is 1.64. The molecule has 4 nitrogen and oxygen atoms in total. The van der Waals surface area contributed by atoms with E-state index in [-0.39, 0.29) is 0 Å². The average molecular weight is 511 g/mol. The van der Waals surface area contributed by atoms with Gasteiger partial charge in [0.2, 0.25) is 0 Å². The quantitative estimate of drug-likeness (QED) is 0.190. The fourth-order valence-corrected chi connectivity index (χ4v) is 7.51.